The molecule has 2 heterocycles. The molecular formula is C19H19BrN4O. The molecule has 0 atom stereocenters. The Kier molecular flexibility index (Phi) is 4.92. The van der Waals surface area contributed by atoms with Crippen LogP contribution >= 0.6 is 15.9 Å². The van der Waals surface area contributed by atoms with Gasteiger partial charge in [0.1, 0.15) is 0 Å². The molecule has 0 saturated carbocycles. The summed E-state index contributed by atoms with van der Waals surface area (Å²) in [4.78, 5) is 11.4. The van der Waals surface area contributed by atoms with Crippen LogP contribution in [0.5, 0.6) is 0 Å². The largest absolute Gasteiger partial charge is 0.379 e. The summed E-state index contributed by atoms with van der Waals surface area (Å²) in [7, 11) is 0. The molecular weight excluding hydrogens is 380 g/mol. The summed E-state index contributed by atoms with van der Waals surface area (Å²) in [6.45, 7) is 4.62. The minimum Gasteiger partial charge on any atom is -0.379 e. The normalized spacial score (nSPS) is 15.4. The summed E-state index contributed by atoms with van der Waals surface area (Å²) >= 11 is 3.47. The van der Waals surface area contributed by atoms with Crippen LogP contribution in [0.3, 0.4) is 0 Å². The molecule has 0 bridgehead atoms. The molecule has 0 unspecified atom stereocenters. The van der Waals surface area contributed by atoms with Crippen molar-refractivity contribution in [2.75, 3.05) is 31.6 Å². The lowest BCUT2D eigenvalue weighted by Gasteiger charge is -2.26. The van der Waals surface area contributed by atoms with Crippen molar-refractivity contribution in [1.82, 2.24) is 14.9 Å². The number of hydrogen-bond acceptors (Lipinski definition) is 5. The zero-order valence-electron chi connectivity index (χ0n) is 13.8. The van der Waals surface area contributed by atoms with Crippen LogP contribution in [0.1, 0.15) is 5.56 Å². The predicted octanol–water partition coefficient (Wildman–Crippen LogP) is 3.97. The fraction of sp³-hybridized carbons (Fsp3) is 0.263. The van der Waals surface area contributed by atoms with Gasteiger partial charge in [-0.25, -0.2) is 9.97 Å². The average molecular weight is 399 g/mol. The van der Waals surface area contributed by atoms with E-state index in [1.807, 2.05) is 24.4 Å². The third-order valence-electron chi connectivity index (χ3n) is 4.26. The maximum Gasteiger partial charge on any atom is 0.227 e. The monoisotopic (exact) mass is 398 g/mol. The molecule has 25 heavy (non-hydrogen) atoms. The number of morpholine rings is 1. The highest BCUT2D eigenvalue weighted by Crippen LogP contribution is 2.20. The lowest BCUT2D eigenvalue weighted by atomic mass is 10.2. The van der Waals surface area contributed by atoms with Gasteiger partial charge in [0.05, 0.1) is 18.7 Å². The number of anilines is 2. The number of aromatic nitrogens is 2. The Hall–Kier alpha value is -2.02. The van der Waals surface area contributed by atoms with E-state index in [0.717, 1.165) is 53.9 Å². The van der Waals surface area contributed by atoms with E-state index in [0.29, 0.717) is 5.95 Å². The Morgan fingerprint density at radius 1 is 1.08 bits per heavy atom. The van der Waals surface area contributed by atoms with Gasteiger partial charge < -0.3 is 10.1 Å². The van der Waals surface area contributed by atoms with Crippen LogP contribution in [-0.4, -0.2) is 41.2 Å². The van der Waals surface area contributed by atoms with E-state index in [9.17, 15) is 0 Å². The fourth-order valence-electron chi connectivity index (χ4n) is 2.90. The zero-order chi connectivity index (χ0) is 17.1. The lowest BCUT2D eigenvalue weighted by molar-refractivity contribution is 0.0342. The maximum absolute atomic E-state index is 5.39. The Morgan fingerprint density at radius 2 is 1.88 bits per heavy atom. The second kappa shape index (κ2) is 7.47. The third kappa shape index (κ3) is 4.15. The molecule has 4 rings (SSSR count). The van der Waals surface area contributed by atoms with Crippen molar-refractivity contribution in [2.45, 2.75) is 6.54 Å². The molecule has 1 aliphatic heterocycles. The summed E-state index contributed by atoms with van der Waals surface area (Å²) in [5, 5.41) is 4.29. The van der Waals surface area contributed by atoms with Crippen LogP contribution in [0.2, 0.25) is 0 Å². The number of rotatable bonds is 4. The van der Waals surface area contributed by atoms with E-state index >= 15 is 0 Å². The maximum atomic E-state index is 5.39. The van der Waals surface area contributed by atoms with Gasteiger partial charge in [-0.3, -0.25) is 4.90 Å². The van der Waals surface area contributed by atoms with Gasteiger partial charge in [0.2, 0.25) is 5.95 Å². The predicted molar refractivity (Wildman–Crippen MR) is 103 cm³/mol. The van der Waals surface area contributed by atoms with Crippen molar-refractivity contribution in [2.24, 2.45) is 0 Å². The van der Waals surface area contributed by atoms with Crippen molar-refractivity contribution in [3.63, 3.8) is 0 Å². The van der Waals surface area contributed by atoms with Gasteiger partial charge in [0.25, 0.3) is 0 Å². The van der Waals surface area contributed by atoms with Crippen LogP contribution in [-0.2, 0) is 11.3 Å². The highest BCUT2D eigenvalue weighted by molar-refractivity contribution is 9.10. The topological polar surface area (TPSA) is 50.3 Å². The number of fused-ring (bicyclic) bond motifs is 1. The van der Waals surface area contributed by atoms with Crippen LogP contribution in [0, 0.1) is 0 Å². The first-order chi connectivity index (χ1) is 12.3. The number of nitrogens with one attached hydrogen (secondary N) is 1. The molecule has 5 nitrogen and oxygen atoms in total. The Morgan fingerprint density at radius 3 is 2.68 bits per heavy atom. The standard InChI is InChI=1S/C19H19BrN4O/c20-16-3-6-18-15(11-16)12-21-19(23-18)22-17-4-1-14(2-5-17)13-24-7-9-25-10-8-24/h1-6,11-12H,7-10,13H2,(H,21,22,23). The second-order valence-corrected chi connectivity index (χ2v) is 7.02. The molecule has 1 saturated heterocycles. The number of halogens is 1. The Labute approximate surface area is 155 Å². The number of hydrogen-bond donors (Lipinski definition) is 1. The van der Waals surface area contributed by atoms with E-state index in [2.05, 4.69) is 60.4 Å². The van der Waals surface area contributed by atoms with E-state index < -0.39 is 0 Å². The summed E-state index contributed by atoms with van der Waals surface area (Å²) in [5.41, 5.74) is 3.21. The van der Waals surface area contributed by atoms with Crippen LogP contribution in [0.15, 0.2) is 53.1 Å². The fourth-order valence-corrected chi connectivity index (χ4v) is 3.28. The van der Waals surface area contributed by atoms with E-state index in [4.69, 9.17) is 4.74 Å². The summed E-state index contributed by atoms with van der Waals surface area (Å²) in [6.07, 6.45) is 1.84. The average Bonchev–Trinajstić information content (AvgIpc) is 2.64. The SMILES string of the molecule is Brc1ccc2nc(Nc3ccc(CN4CCOCC4)cc3)ncc2c1. The van der Waals surface area contributed by atoms with Gasteiger partial charge >= 0.3 is 0 Å². The molecule has 1 aliphatic rings. The van der Waals surface area contributed by atoms with Crippen LogP contribution in [0.25, 0.3) is 10.9 Å². The number of ether oxygens (including phenoxy) is 1. The molecule has 128 valence electrons. The van der Waals surface area contributed by atoms with Crippen LogP contribution < -0.4 is 5.32 Å². The van der Waals surface area contributed by atoms with Gasteiger partial charge in [-0.2, -0.15) is 0 Å². The van der Waals surface area contributed by atoms with Crippen molar-refractivity contribution >= 4 is 38.5 Å². The molecule has 0 aliphatic carbocycles. The van der Waals surface area contributed by atoms with Gasteiger partial charge in [-0.1, -0.05) is 28.1 Å². The first-order valence-corrected chi connectivity index (χ1v) is 9.14. The van der Waals surface area contributed by atoms with Crippen molar-refractivity contribution in [3.8, 4) is 0 Å². The van der Waals surface area contributed by atoms with Crippen molar-refractivity contribution < 1.29 is 4.74 Å². The second-order valence-electron chi connectivity index (χ2n) is 6.11. The first kappa shape index (κ1) is 16.4. The number of benzene rings is 2. The third-order valence-corrected chi connectivity index (χ3v) is 4.76. The summed E-state index contributed by atoms with van der Waals surface area (Å²) in [6, 6.07) is 14.4. The molecule has 6 heteroatoms. The highest BCUT2D eigenvalue weighted by atomic mass is 79.9. The minimum absolute atomic E-state index is 0.607. The minimum atomic E-state index is 0.607. The smallest absolute Gasteiger partial charge is 0.227 e. The van der Waals surface area contributed by atoms with E-state index in [1.54, 1.807) is 0 Å². The van der Waals surface area contributed by atoms with Gasteiger partial charge in [0, 0.05) is 41.4 Å². The van der Waals surface area contributed by atoms with E-state index in [1.165, 1.54) is 5.56 Å². The van der Waals surface area contributed by atoms with Gasteiger partial charge in [0.15, 0.2) is 0 Å². The molecule has 3 aromatic rings. The Balaban J connectivity index is 1.44. The van der Waals surface area contributed by atoms with Crippen LogP contribution in [0.4, 0.5) is 11.6 Å². The van der Waals surface area contributed by atoms with Gasteiger partial charge in [-0.05, 0) is 35.9 Å². The van der Waals surface area contributed by atoms with Crippen molar-refractivity contribution in [1.29, 1.82) is 0 Å². The zero-order valence-corrected chi connectivity index (χ0v) is 15.4. The molecule has 1 fully saturated rings. The summed E-state index contributed by atoms with van der Waals surface area (Å²) < 4.78 is 6.42. The van der Waals surface area contributed by atoms with Crippen molar-refractivity contribution in [3.05, 3.63) is 58.7 Å². The highest BCUT2D eigenvalue weighted by Gasteiger charge is 2.10. The molecule has 2 aromatic carbocycles. The quantitative estimate of drug-likeness (QED) is 0.720. The molecule has 1 aromatic heterocycles. The Bertz CT molecular complexity index is 863. The molecule has 0 amide bonds. The molecule has 0 spiro atoms. The summed E-state index contributed by atoms with van der Waals surface area (Å²) in [5.74, 6) is 0.607. The molecule has 1 N–H and O–H groups in total. The van der Waals surface area contributed by atoms with Gasteiger partial charge in [-0.15, -0.1) is 0 Å². The number of nitrogens with zero attached hydrogens (tertiary/aromatic N) is 3. The lowest BCUT2D eigenvalue weighted by Crippen LogP contribution is -2.35. The first-order valence-electron chi connectivity index (χ1n) is 8.35. The van der Waals surface area contributed by atoms with E-state index in [-0.39, 0.29) is 0 Å². The molecule has 0 radical (unpaired) electrons.